The van der Waals surface area contributed by atoms with Crippen LogP contribution in [0.4, 0.5) is 5.69 Å². The molecule has 5 N–H and O–H groups in total. The van der Waals surface area contributed by atoms with Gasteiger partial charge in [0, 0.05) is 6.42 Å². The maximum Gasteiger partial charge on any atom is 0.240 e. The van der Waals surface area contributed by atoms with Crippen molar-refractivity contribution in [3.05, 3.63) is 24.3 Å². The molecule has 1 amide bonds. The van der Waals surface area contributed by atoms with Gasteiger partial charge in [0.25, 0.3) is 0 Å². The molecule has 0 aliphatic heterocycles. The van der Waals surface area contributed by atoms with Gasteiger partial charge in [0.15, 0.2) is 0 Å². The average Bonchev–Trinajstić information content (AvgIpc) is 2.43. The number of anilines is 1. The molecule has 0 fully saturated rings. The molecular formula is C14H23N3O3S. The first-order valence-corrected chi connectivity index (χ1v) is 8.54. The second kappa shape index (κ2) is 8.11. The Hall–Kier alpha value is -1.44. The number of primary sulfonamides is 1. The van der Waals surface area contributed by atoms with Gasteiger partial charge < -0.3 is 11.1 Å². The lowest BCUT2D eigenvalue weighted by molar-refractivity contribution is -0.116. The number of amides is 1. The monoisotopic (exact) mass is 313 g/mol. The Morgan fingerprint density at radius 2 is 1.95 bits per heavy atom. The maximum atomic E-state index is 11.9. The second-order valence-electron chi connectivity index (χ2n) is 4.98. The highest BCUT2D eigenvalue weighted by Gasteiger charge is 2.15. The number of hydrogen-bond donors (Lipinski definition) is 3. The van der Waals surface area contributed by atoms with Crippen molar-refractivity contribution >= 4 is 21.6 Å². The van der Waals surface area contributed by atoms with Gasteiger partial charge >= 0.3 is 0 Å². The van der Waals surface area contributed by atoms with Gasteiger partial charge in [-0.05, 0) is 37.4 Å². The van der Waals surface area contributed by atoms with Crippen LogP contribution in [0, 0.1) is 5.92 Å². The molecule has 0 saturated carbocycles. The van der Waals surface area contributed by atoms with Crippen LogP contribution >= 0.6 is 0 Å². The van der Waals surface area contributed by atoms with E-state index in [1.165, 1.54) is 12.1 Å². The SMILES string of the molecule is CCC(CCN)CCC(=O)Nc1ccccc1S(N)(=O)=O. The van der Waals surface area contributed by atoms with Gasteiger partial charge in [-0.25, -0.2) is 13.6 Å². The number of carbonyl (C=O) groups excluding carboxylic acids is 1. The Kier molecular flexibility index (Phi) is 6.80. The van der Waals surface area contributed by atoms with E-state index in [0.29, 0.717) is 18.9 Å². The number of nitrogens with two attached hydrogens (primary N) is 2. The quantitative estimate of drug-likeness (QED) is 0.673. The normalized spacial score (nSPS) is 12.9. The Morgan fingerprint density at radius 3 is 2.52 bits per heavy atom. The van der Waals surface area contributed by atoms with Gasteiger partial charge in [-0.3, -0.25) is 4.79 Å². The number of hydrogen-bond acceptors (Lipinski definition) is 4. The standard InChI is InChI=1S/C14H23N3O3S/c1-2-11(9-10-15)7-8-14(18)17-12-5-3-4-6-13(12)21(16,19)20/h3-6,11H,2,7-10,15H2,1H3,(H,17,18)(H2,16,19,20). The van der Waals surface area contributed by atoms with Crippen LogP contribution in [0.1, 0.15) is 32.6 Å². The van der Waals surface area contributed by atoms with Crippen molar-refractivity contribution < 1.29 is 13.2 Å². The van der Waals surface area contributed by atoms with Gasteiger partial charge in [0.05, 0.1) is 5.69 Å². The first-order valence-electron chi connectivity index (χ1n) is 7.00. The van der Waals surface area contributed by atoms with E-state index in [9.17, 15) is 13.2 Å². The first-order chi connectivity index (χ1) is 9.88. The van der Waals surface area contributed by atoms with Crippen LogP contribution in [-0.4, -0.2) is 20.9 Å². The van der Waals surface area contributed by atoms with E-state index >= 15 is 0 Å². The number of sulfonamides is 1. The number of benzene rings is 1. The third kappa shape index (κ3) is 5.82. The molecule has 0 aliphatic carbocycles. The lowest BCUT2D eigenvalue weighted by Crippen LogP contribution is -2.19. The summed E-state index contributed by atoms with van der Waals surface area (Å²) in [7, 11) is -3.85. The van der Waals surface area contributed by atoms with Crippen LogP contribution < -0.4 is 16.2 Å². The molecule has 0 aromatic heterocycles. The predicted octanol–water partition coefficient (Wildman–Crippen LogP) is 1.43. The Morgan fingerprint density at radius 1 is 1.29 bits per heavy atom. The number of para-hydroxylation sites is 1. The van der Waals surface area contributed by atoms with Crippen LogP contribution in [0.3, 0.4) is 0 Å². The van der Waals surface area contributed by atoms with Crippen molar-refractivity contribution in [2.24, 2.45) is 16.8 Å². The highest BCUT2D eigenvalue weighted by Crippen LogP contribution is 2.20. The van der Waals surface area contributed by atoms with Gasteiger partial charge in [0.2, 0.25) is 15.9 Å². The van der Waals surface area contributed by atoms with Gasteiger partial charge in [-0.15, -0.1) is 0 Å². The molecule has 0 spiro atoms. The van der Waals surface area contributed by atoms with Gasteiger partial charge in [0.1, 0.15) is 4.90 Å². The summed E-state index contributed by atoms with van der Waals surface area (Å²) in [6, 6.07) is 6.10. The Labute approximate surface area is 126 Å². The second-order valence-corrected chi connectivity index (χ2v) is 6.51. The number of carbonyl (C=O) groups is 1. The summed E-state index contributed by atoms with van der Waals surface area (Å²) in [6.07, 6.45) is 2.92. The van der Waals surface area contributed by atoms with Crippen molar-refractivity contribution in [3.63, 3.8) is 0 Å². The summed E-state index contributed by atoms with van der Waals surface area (Å²) < 4.78 is 22.9. The molecule has 1 aromatic carbocycles. The summed E-state index contributed by atoms with van der Waals surface area (Å²) in [4.78, 5) is 11.9. The fourth-order valence-corrected chi connectivity index (χ4v) is 2.85. The zero-order valence-corrected chi connectivity index (χ0v) is 13.0. The molecule has 7 heteroatoms. The van der Waals surface area contributed by atoms with Crippen molar-refractivity contribution in [2.75, 3.05) is 11.9 Å². The molecule has 0 aliphatic rings. The summed E-state index contributed by atoms with van der Waals surface area (Å²) >= 11 is 0. The Balaban J connectivity index is 2.68. The minimum atomic E-state index is -3.85. The van der Waals surface area contributed by atoms with E-state index in [-0.39, 0.29) is 16.5 Å². The van der Waals surface area contributed by atoms with Gasteiger partial charge in [-0.1, -0.05) is 25.5 Å². The average molecular weight is 313 g/mol. The van der Waals surface area contributed by atoms with Crippen molar-refractivity contribution in [3.8, 4) is 0 Å². The summed E-state index contributed by atoms with van der Waals surface area (Å²) in [6.45, 7) is 2.67. The lowest BCUT2D eigenvalue weighted by atomic mass is 9.96. The highest BCUT2D eigenvalue weighted by atomic mass is 32.2. The largest absolute Gasteiger partial charge is 0.330 e. The van der Waals surface area contributed by atoms with Crippen molar-refractivity contribution in [1.29, 1.82) is 0 Å². The topological polar surface area (TPSA) is 115 Å². The third-order valence-corrected chi connectivity index (χ3v) is 4.37. The van der Waals surface area contributed by atoms with Crippen LogP contribution in [0.2, 0.25) is 0 Å². The van der Waals surface area contributed by atoms with Gasteiger partial charge in [-0.2, -0.15) is 0 Å². The molecule has 0 saturated heterocycles. The molecule has 0 bridgehead atoms. The summed E-state index contributed by atoms with van der Waals surface area (Å²) in [5.41, 5.74) is 5.74. The van der Waals surface area contributed by atoms with E-state index in [2.05, 4.69) is 12.2 Å². The van der Waals surface area contributed by atoms with Crippen molar-refractivity contribution in [2.45, 2.75) is 37.5 Å². The van der Waals surface area contributed by atoms with E-state index in [1.54, 1.807) is 12.1 Å². The van der Waals surface area contributed by atoms with Crippen LogP contribution in [-0.2, 0) is 14.8 Å². The molecule has 21 heavy (non-hydrogen) atoms. The first kappa shape index (κ1) is 17.6. The van der Waals surface area contributed by atoms with Crippen LogP contribution in [0.5, 0.6) is 0 Å². The molecule has 1 unspecified atom stereocenters. The van der Waals surface area contributed by atoms with Crippen LogP contribution in [0.25, 0.3) is 0 Å². The summed E-state index contributed by atoms with van der Waals surface area (Å²) in [5, 5.41) is 7.73. The van der Waals surface area contributed by atoms with E-state index in [1.807, 2.05) is 0 Å². The zero-order chi connectivity index (χ0) is 15.9. The van der Waals surface area contributed by atoms with Crippen molar-refractivity contribution in [1.82, 2.24) is 0 Å². The molecule has 1 rings (SSSR count). The smallest absolute Gasteiger partial charge is 0.240 e. The van der Waals surface area contributed by atoms with E-state index in [4.69, 9.17) is 10.9 Å². The maximum absolute atomic E-state index is 11.9. The van der Waals surface area contributed by atoms with Crippen LogP contribution in [0.15, 0.2) is 29.2 Å². The fraction of sp³-hybridized carbons (Fsp3) is 0.500. The molecule has 6 nitrogen and oxygen atoms in total. The minimum absolute atomic E-state index is 0.0765. The highest BCUT2D eigenvalue weighted by molar-refractivity contribution is 7.89. The molecule has 118 valence electrons. The molecule has 0 heterocycles. The molecule has 0 radical (unpaired) electrons. The van der Waals surface area contributed by atoms with E-state index < -0.39 is 10.0 Å². The number of rotatable bonds is 8. The molecule has 1 atom stereocenters. The summed E-state index contributed by atoms with van der Waals surface area (Å²) in [5.74, 6) is 0.191. The lowest BCUT2D eigenvalue weighted by Gasteiger charge is -2.14. The fourth-order valence-electron chi connectivity index (χ4n) is 2.15. The minimum Gasteiger partial charge on any atom is -0.330 e. The predicted molar refractivity (Wildman–Crippen MR) is 83.1 cm³/mol. The van der Waals surface area contributed by atoms with E-state index in [0.717, 1.165) is 19.3 Å². The third-order valence-electron chi connectivity index (χ3n) is 3.40. The molecular weight excluding hydrogens is 290 g/mol. The molecule has 1 aromatic rings. The number of nitrogens with one attached hydrogen (secondary N) is 1. The zero-order valence-electron chi connectivity index (χ0n) is 12.2. The Bertz CT molecular complexity index is 573.